The van der Waals surface area contributed by atoms with E-state index in [1.165, 1.54) is 0 Å². The Morgan fingerprint density at radius 1 is 0.957 bits per heavy atom. The third-order valence-corrected chi connectivity index (χ3v) is 8.65. The van der Waals surface area contributed by atoms with Gasteiger partial charge < -0.3 is 35.7 Å². The third-order valence-electron chi connectivity index (χ3n) is 8.65. The molecule has 0 saturated carbocycles. The topological polar surface area (TPSA) is 135 Å². The molecule has 0 aromatic heterocycles. The summed E-state index contributed by atoms with van der Waals surface area (Å²) in [6, 6.07) is 23.0. The fourth-order valence-corrected chi connectivity index (χ4v) is 6.19. The molecule has 0 aliphatic carbocycles. The molecule has 3 aromatic carbocycles. The van der Waals surface area contributed by atoms with E-state index in [2.05, 4.69) is 15.5 Å². The fraction of sp³-hybridized carbons (Fsp3) is 0.444. The maximum atomic E-state index is 12.8. The van der Waals surface area contributed by atoms with E-state index < -0.39 is 6.29 Å². The van der Waals surface area contributed by atoms with Crippen LogP contribution in [0.25, 0.3) is 0 Å². The molecule has 3 aromatic rings. The highest BCUT2D eigenvalue weighted by Gasteiger charge is 2.35. The number of nitrogen functional groups attached to an aromatic ring is 1. The highest BCUT2D eigenvalue weighted by atomic mass is 16.7. The van der Waals surface area contributed by atoms with Gasteiger partial charge in [0.2, 0.25) is 11.8 Å². The van der Waals surface area contributed by atoms with E-state index in [0.29, 0.717) is 61.8 Å². The smallest absolute Gasteiger partial charge is 0.224 e. The van der Waals surface area contributed by atoms with Crippen LogP contribution in [-0.4, -0.2) is 60.8 Å². The van der Waals surface area contributed by atoms with Crippen LogP contribution in [0.2, 0.25) is 0 Å². The van der Waals surface area contributed by atoms with Crippen LogP contribution in [-0.2, 0) is 30.4 Å². The summed E-state index contributed by atoms with van der Waals surface area (Å²) in [5, 5.41) is 15.3. The first-order valence-electron chi connectivity index (χ1n) is 16.2. The van der Waals surface area contributed by atoms with Gasteiger partial charge in [0.05, 0.1) is 36.8 Å². The molecule has 0 radical (unpaired) electrons. The number of hydrogen-bond acceptors (Lipinski definition) is 8. The Bertz CT molecular complexity index is 1430. The number of methoxy groups -OCH3 is 1. The van der Waals surface area contributed by atoms with Crippen molar-refractivity contribution in [2.75, 3.05) is 43.2 Å². The maximum absolute atomic E-state index is 12.8. The molecule has 246 valence electrons. The van der Waals surface area contributed by atoms with Crippen molar-refractivity contribution in [2.45, 2.75) is 76.1 Å². The van der Waals surface area contributed by atoms with Gasteiger partial charge in [-0.15, -0.1) is 0 Å². The quantitative estimate of drug-likeness (QED) is 0.134. The first kappa shape index (κ1) is 33.6. The lowest BCUT2D eigenvalue weighted by atomic mass is 9.99. The average Bonchev–Trinajstić information content (AvgIpc) is 3.50. The highest BCUT2D eigenvalue weighted by molar-refractivity contribution is 5.94. The maximum Gasteiger partial charge on any atom is 0.224 e. The minimum Gasteiger partial charge on any atom is -0.397 e. The van der Waals surface area contributed by atoms with Gasteiger partial charge in [-0.1, -0.05) is 48.5 Å². The fourth-order valence-electron chi connectivity index (χ4n) is 6.19. The van der Waals surface area contributed by atoms with Crippen molar-refractivity contribution < 1.29 is 28.9 Å². The second-order valence-corrected chi connectivity index (χ2v) is 12.1. The van der Waals surface area contributed by atoms with Crippen molar-refractivity contribution in [3.8, 4) is 0 Å². The van der Waals surface area contributed by atoms with Crippen LogP contribution < -0.4 is 16.4 Å². The molecule has 4 atom stereocenters. The molecule has 2 aliphatic rings. The van der Waals surface area contributed by atoms with Gasteiger partial charge in [-0.2, -0.15) is 0 Å². The van der Waals surface area contributed by atoms with Gasteiger partial charge in [-0.25, -0.2) is 0 Å². The van der Waals surface area contributed by atoms with Gasteiger partial charge in [-0.05, 0) is 67.6 Å². The Labute approximate surface area is 271 Å². The third kappa shape index (κ3) is 9.37. The largest absolute Gasteiger partial charge is 0.397 e. The summed E-state index contributed by atoms with van der Waals surface area (Å²) in [5.41, 5.74) is 10.4. The van der Waals surface area contributed by atoms with Gasteiger partial charge in [0, 0.05) is 50.2 Å². The molecule has 10 nitrogen and oxygen atoms in total. The van der Waals surface area contributed by atoms with Crippen LogP contribution in [0.3, 0.4) is 0 Å². The van der Waals surface area contributed by atoms with Gasteiger partial charge in [-0.3, -0.25) is 14.5 Å². The number of aliphatic hydroxyl groups is 1. The molecule has 10 heteroatoms. The molecule has 0 spiro atoms. The normalized spacial score (nSPS) is 21.6. The summed E-state index contributed by atoms with van der Waals surface area (Å²) in [6.45, 7) is 2.50. The van der Waals surface area contributed by atoms with Crippen LogP contribution >= 0.6 is 0 Å². The van der Waals surface area contributed by atoms with Crippen LogP contribution in [0, 0.1) is 0 Å². The molecule has 0 unspecified atom stereocenters. The summed E-state index contributed by atoms with van der Waals surface area (Å²) < 4.78 is 18.6. The zero-order valence-corrected chi connectivity index (χ0v) is 26.5. The molecule has 2 aliphatic heterocycles. The average molecular weight is 631 g/mol. The first-order chi connectivity index (χ1) is 22.4. The molecule has 5 rings (SSSR count). The van der Waals surface area contributed by atoms with Crippen LogP contribution in [0.1, 0.15) is 74.0 Å². The summed E-state index contributed by atoms with van der Waals surface area (Å²) in [4.78, 5) is 27.5. The number of hydrogen-bond donors (Lipinski definition) is 4. The van der Waals surface area contributed by atoms with E-state index in [1.807, 2.05) is 60.7 Å². The van der Waals surface area contributed by atoms with E-state index in [4.69, 9.17) is 19.9 Å². The highest BCUT2D eigenvalue weighted by Crippen LogP contribution is 2.39. The molecule has 0 bridgehead atoms. The molecule has 2 amide bonds. The zero-order chi connectivity index (χ0) is 32.3. The number of rotatable bonds is 14. The van der Waals surface area contributed by atoms with Crippen molar-refractivity contribution in [1.82, 2.24) is 4.90 Å². The zero-order valence-electron chi connectivity index (χ0n) is 26.5. The predicted octanol–water partition coefficient (Wildman–Crippen LogP) is 5.55. The Morgan fingerprint density at radius 3 is 2.46 bits per heavy atom. The number of benzene rings is 3. The number of carbonyl (C=O) groups is 2. The number of likely N-dealkylation sites (tertiary alicyclic amines) is 1. The van der Waals surface area contributed by atoms with Crippen molar-refractivity contribution >= 4 is 28.9 Å². The molecule has 46 heavy (non-hydrogen) atoms. The van der Waals surface area contributed by atoms with Crippen molar-refractivity contribution in [3.63, 3.8) is 0 Å². The minimum atomic E-state index is -0.612. The van der Waals surface area contributed by atoms with Gasteiger partial charge in [0.25, 0.3) is 0 Å². The Hall–Kier alpha value is -3.80. The SMILES string of the molecule is COC[C@@H]1CCCN1C[C@H]1C[C@@H](c2ccc(CO)cc2)O[C@@H](c2cccc(NC(=O)CCCCC(=O)Nc3ccccc3N)c2)O1. The molecule has 2 fully saturated rings. The van der Waals surface area contributed by atoms with Crippen LogP contribution in [0.15, 0.2) is 72.8 Å². The Kier molecular flexibility index (Phi) is 12.2. The number of unbranched alkanes of at least 4 members (excludes halogenated alkanes) is 1. The van der Waals surface area contributed by atoms with E-state index in [1.54, 1.807) is 19.2 Å². The Balaban J connectivity index is 1.18. The summed E-state index contributed by atoms with van der Waals surface area (Å²) >= 11 is 0. The van der Waals surface area contributed by atoms with Crippen LogP contribution in [0.4, 0.5) is 17.1 Å². The van der Waals surface area contributed by atoms with Crippen molar-refractivity contribution in [1.29, 1.82) is 0 Å². The lowest BCUT2D eigenvalue weighted by Gasteiger charge is -2.39. The van der Waals surface area contributed by atoms with E-state index in [0.717, 1.165) is 42.6 Å². The number of nitrogens with two attached hydrogens (primary N) is 1. The number of para-hydroxylation sites is 2. The first-order valence-corrected chi connectivity index (χ1v) is 16.2. The Morgan fingerprint density at radius 2 is 1.72 bits per heavy atom. The number of nitrogens with zero attached hydrogens (tertiary/aromatic N) is 1. The van der Waals surface area contributed by atoms with E-state index >= 15 is 0 Å². The number of aliphatic hydroxyl groups excluding tert-OH is 1. The summed E-state index contributed by atoms with van der Waals surface area (Å²) in [5.74, 6) is -0.244. The molecule has 2 saturated heterocycles. The van der Waals surface area contributed by atoms with E-state index in [-0.39, 0.29) is 30.6 Å². The number of anilines is 3. The monoisotopic (exact) mass is 630 g/mol. The van der Waals surface area contributed by atoms with Gasteiger partial charge in [0.15, 0.2) is 6.29 Å². The number of nitrogens with one attached hydrogen (secondary N) is 2. The van der Waals surface area contributed by atoms with Crippen molar-refractivity contribution in [2.24, 2.45) is 0 Å². The van der Waals surface area contributed by atoms with E-state index in [9.17, 15) is 14.7 Å². The number of amides is 2. The molecular weight excluding hydrogens is 584 g/mol. The molecule has 2 heterocycles. The lowest BCUT2D eigenvalue weighted by molar-refractivity contribution is -0.253. The van der Waals surface area contributed by atoms with Crippen LogP contribution in [0.5, 0.6) is 0 Å². The minimum absolute atomic E-state index is 0.00628. The summed E-state index contributed by atoms with van der Waals surface area (Å²) in [7, 11) is 1.75. The number of carbonyl (C=O) groups excluding carboxylic acids is 2. The number of ether oxygens (including phenoxy) is 3. The molecule has 5 N–H and O–H groups in total. The van der Waals surface area contributed by atoms with Gasteiger partial charge in [0.1, 0.15) is 0 Å². The lowest BCUT2D eigenvalue weighted by Crippen LogP contribution is -2.42. The second kappa shape index (κ2) is 16.7. The van der Waals surface area contributed by atoms with Crippen molar-refractivity contribution in [3.05, 3.63) is 89.5 Å². The predicted molar refractivity (Wildman–Crippen MR) is 178 cm³/mol. The summed E-state index contributed by atoms with van der Waals surface area (Å²) in [6.07, 6.45) is 3.88. The second-order valence-electron chi connectivity index (χ2n) is 12.1. The molecular formula is C36H46N4O6. The van der Waals surface area contributed by atoms with Gasteiger partial charge >= 0.3 is 0 Å². The standard InChI is InChI=1S/C36H46N4O6/c1-44-24-29-10-7-19-40(29)22-30-21-33(26-17-15-25(23-41)16-18-26)46-36(45-30)27-8-6-9-28(20-27)38-34(42)13-4-5-14-35(43)39-32-12-3-2-11-31(32)37/h2-3,6,8-9,11-12,15-18,20,29-30,33,36,41H,4-5,7,10,13-14,19,21-24,37H2,1H3,(H,38,42)(H,39,43)/t29-,30+,33-,36-/m0/s1.